The summed E-state index contributed by atoms with van der Waals surface area (Å²) in [5, 5.41) is 10.3. The van der Waals surface area contributed by atoms with E-state index in [0.29, 0.717) is 11.8 Å². The quantitative estimate of drug-likeness (QED) is 0.887. The predicted molar refractivity (Wildman–Crippen MR) is 88.8 cm³/mol. The minimum absolute atomic E-state index is 0.347. The fourth-order valence-electron chi connectivity index (χ4n) is 4.13. The number of ether oxygens (including phenoxy) is 1. The molecule has 0 aromatic carbocycles. The number of rotatable bonds is 2. The van der Waals surface area contributed by atoms with Crippen LogP contribution in [-0.4, -0.2) is 59.6 Å². The van der Waals surface area contributed by atoms with E-state index in [9.17, 15) is 9.50 Å². The second-order valence-corrected chi connectivity index (χ2v) is 7.09. The average molecular weight is 336 g/mol. The Balaban J connectivity index is 1.48. The van der Waals surface area contributed by atoms with E-state index in [1.54, 1.807) is 0 Å². The summed E-state index contributed by atoms with van der Waals surface area (Å²) in [4.78, 5) is 12.8. The third kappa shape index (κ3) is 2.84. The third-order valence-electron chi connectivity index (χ3n) is 5.63. The van der Waals surface area contributed by atoms with E-state index < -0.39 is 5.60 Å². The van der Waals surface area contributed by atoms with Crippen LogP contribution in [0.4, 0.5) is 16.2 Å². The number of aromatic nitrogens is 2. The Morgan fingerprint density at radius 2 is 1.88 bits per heavy atom. The molecule has 1 N–H and O–H groups in total. The Bertz CT molecular complexity index is 586. The van der Waals surface area contributed by atoms with Crippen molar-refractivity contribution in [3.05, 3.63) is 12.0 Å². The fourth-order valence-corrected chi connectivity index (χ4v) is 4.13. The highest BCUT2D eigenvalue weighted by atomic mass is 19.1. The molecule has 1 aromatic heterocycles. The summed E-state index contributed by atoms with van der Waals surface area (Å²) in [6, 6.07) is 0. The molecule has 1 spiro atoms. The fraction of sp³-hybridized carbons (Fsp3) is 0.765. The van der Waals surface area contributed by atoms with Crippen molar-refractivity contribution in [2.24, 2.45) is 0 Å². The Labute approximate surface area is 141 Å². The summed E-state index contributed by atoms with van der Waals surface area (Å²) >= 11 is 0. The SMILES string of the molecule is O[C@@H]1CCCOC12CCN(c1ncc(F)c(N3CCCC3)n1)CC2. The number of halogens is 1. The summed E-state index contributed by atoms with van der Waals surface area (Å²) in [7, 11) is 0. The van der Waals surface area contributed by atoms with Gasteiger partial charge in [0.2, 0.25) is 5.95 Å². The standard InChI is InChI=1S/C17H25FN4O2/c18-13-12-19-16(20-15(13)21-7-1-2-8-21)22-9-5-17(6-10-22)14(23)4-3-11-24-17/h12,14,23H,1-11H2/t14-/m1/s1. The Morgan fingerprint density at radius 1 is 1.12 bits per heavy atom. The number of piperidine rings is 1. The highest BCUT2D eigenvalue weighted by molar-refractivity contribution is 5.46. The molecule has 3 fully saturated rings. The Morgan fingerprint density at radius 3 is 2.58 bits per heavy atom. The van der Waals surface area contributed by atoms with Crippen LogP contribution in [0.5, 0.6) is 0 Å². The molecule has 4 heterocycles. The van der Waals surface area contributed by atoms with Crippen LogP contribution < -0.4 is 9.80 Å². The van der Waals surface area contributed by atoms with Crippen LogP contribution in [0.2, 0.25) is 0 Å². The van der Waals surface area contributed by atoms with E-state index in [2.05, 4.69) is 14.9 Å². The highest BCUT2D eigenvalue weighted by Gasteiger charge is 2.44. The molecule has 3 saturated heterocycles. The predicted octanol–water partition coefficient (Wildman–Crippen LogP) is 1.73. The van der Waals surface area contributed by atoms with Gasteiger partial charge in [-0.2, -0.15) is 4.98 Å². The first kappa shape index (κ1) is 16.0. The largest absolute Gasteiger partial charge is 0.390 e. The lowest BCUT2D eigenvalue weighted by Crippen LogP contribution is -2.55. The zero-order valence-corrected chi connectivity index (χ0v) is 14.0. The summed E-state index contributed by atoms with van der Waals surface area (Å²) < 4.78 is 20.0. The second kappa shape index (κ2) is 6.44. The normalized spacial score (nSPS) is 27.0. The van der Waals surface area contributed by atoms with E-state index in [4.69, 9.17) is 4.74 Å². The monoisotopic (exact) mass is 336 g/mol. The zero-order chi connectivity index (χ0) is 16.6. The molecule has 3 aliphatic heterocycles. The van der Waals surface area contributed by atoms with Crippen molar-refractivity contribution in [3.63, 3.8) is 0 Å². The first-order valence-corrected chi connectivity index (χ1v) is 9.02. The van der Waals surface area contributed by atoms with Crippen LogP contribution in [0, 0.1) is 5.82 Å². The first-order valence-electron chi connectivity index (χ1n) is 9.02. The van der Waals surface area contributed by atoms with E-state index in [0.717, 1.165) is 71.3 Å². The molecule has 24 heavy (non-hydrogen) atoms. The maximum atomic E-state index is 14.1. The van der Waals surface area contributed by atoms with Crippen molar-refractivity contribution < 1.29 is 14.2 Å². The minimum Gasteiger partial charge on any atom is -0.390 e. The molecule has 6 nitrogen and oxygen atoms in total. The second-order valence-electron chi connectivity index (χ2n) is 7.09. The number of nitrogens with zero attached hydrogens (tertiary/aromatic N) is 4. The van der Waals surface area contributed by atoms with Crippen LogP contribution in [0.25, 0.3) is 0 Å². The van der Waals surface area contributed by atoms with Gasteiger partial charge in [-0.3, -0.25) is 0 Å². The van der Waals surface area contributed by atoms with Crippen LogP contribution >= 0.6 is 0 Å². The van der Waals surface area contributed by atoms with Gasteiger partial charge in [0.05, 0.1) is 17.9 Å². The van der Waals surface area contributed by atoms with Crippen LogP contribution in [-0.2, 0) is 4.74 Å². The molecule has 3 aliphatic rings. The molecular weight excluding hydrogens is 311 g/mol. The van der Waals surface area contributed by atoms with Crippen molar-refractivity contribution in [3.8, 4) is 0 Å². The third-order valence-corrected chi connectivity index (χ3v) is 5.63. The molecule has 0 aliphatic carbocycles. The van der Waals surface area contributed by atoms with Gasteiger partial charge in [-0.1, -0.05) is 0 Å². The number of aliphatic hydroxyl groups excluding tert-OH is 1. The van der Waals surface area contributed by atoms with Gasteiger partial charge in [0.15, 0.2) is 11.6 Å². The van der Waals surface area contributed by atoms with Gasteiger partial charge in [0.1, 0.15) is 0 Å². The molecule has 4 rings (SSSR count). The maximum absolute atomic E-state index is 14.1. The number of anilines is 2. The lowest BCUT2D eigenvalue weighted by atomic mass is 9.82. The van der Waals surface area contributed by atoms with E-state index in [1.165, 1.54) is 6.20 Å². The molecule has 132 valence electrons. The maximum Gasteiger partial charge on any atom is 0.227 e. The van der Waals surface area contributed by atoms with Gasteiger partial charge >= 0.3 is 0 Å². The first-order chi connectivity index (χ1) is 11.7. The van der Waals surface area contributed by atoms with Crippen LogP contribution in [0.15, 0.2) is 6.20 Å². The van der Waals surface area contributed by atoms with Gasteiger partial charge in [-0.05, 0) is 38.5 Å². The number of hydrogen-bond donors (Lipinski definition) is 1. The molecule has 0 unspecified atom stereocenters. The zero-order valence-electron chi connectivity index (χ0n) is 14.0. The average Bonchev–Trinajstić information content (AvgIpc) is 3.13. The van der Waals surface area contributed by atoms with Gasteiger partial charge in [0, 0.05) is 32.8 Å². The summed E-state index contributed by atoms with van der Waals surface area (Å²) in [6.45, 7) is 3.89. The van der Waals surface area contributed by atoms with E-state index in [1.807, 2.05) is 4.90 Å². The van der Waals surface area contributed by atoms with Gasteiger partial charge in [-0.15, -0.1) is 0 Å². The van der Waals surface area contributed by atoms with Gasteiger partial charge in [0.25, 0.3) is 0 Å². The Hall–Kier alpha value is -1.47. The van der Waals surface area contributed by atoms with Crippen LogP contribution in [0.1, 0.15) is 38.5 Å². The summed E-state index contributed by atoms with van der Waals surface area (Å²) in [5.74, 6) is 0.658. The van der Waals surface area contributed by atoms with Crippen molar-refractivity contribution in [2.75, 3.05) is 42.6 Å². The smallest absolute Gasteiger partial charge is 0.227 e. The van der Waals surface area contributed by atoms with Crippen molar-refractivity contribution in [2.45, 2.75) is 50.2 Å². The lowest BCUT2D eigenvalue weighted by molar-refractivity contribution is -0.164. The highest BCUT2D eigenvalue weighted by Crippen LogP contribution is 2.36. The summed E-state index contributed by atoms with van der Waals surface area (Å²) in [6.07, 6.45) is 6.32. The van der Waals surface area contributed by atoms with E-state index >= 15 is 0 Å². The Kier molecular flexibility index (Phi) is 4.30. The number of aliphatic hydroxyl groups is 1. The molecule has 0 saturated carbocycles. The van der Waals surface area contributed by atoms with E-state index in [-0.39, 0.29) is 11.9 Å². The summed E-state index contributed by atoms with van der Waals surface area (Å²) in [5.41, 5.74) is -0.410. The van der Waals surface area contributed by atoms with Gasteiger partial charge in [-0.25, -0.2) is 9.37 Å². The van der Waals surface area contributed by atoms with Gasteiger partial charge < -0.3 is 19.6 Å². The number of hydrogen-bond acceptors (Lipinski definition) is 6. The topological polar surface area (TPSA) is 61.7 Å². The molecular formula is C17H25FN4O2. The lowest BCUT2D eigenvalue weighted by Gasteiger charge is -2.46. The van der Waals surface area contributed by atoms with Crippen molar-refractivity contribution in [1.82, 2.24) is 9.97 Å². The van der Waals surface area contributed by atoms with Crippen molar-refractivity contribution >= 4 is 11.8 Å². The van der Waals surface area contributed by atoms with Crippen molar-refractivity contribution in [1.29, 1.82) is 0 Å². The molecule has 1 atom stereocenters. The molecule has 0 radical (unpaired) electrons. The molecule has 1 aromatic rings. The minimum atomic E-state index is -0.410. The molecule has 7 heteroatoms. The van der Waals surface area contributed by atoms with Crippen LogP contribution in [0.3, 0.4) is 0 Å². The molecule has 0 bridgehead atoms. The molecule has 0 amide bonds.